The first kappa shape index (κ1) is 13.2. The van der Waals surface area contributed by atoms with Gasteiger partial charge in [-0.15, -0.1) is 0 Å². The maximum Gasteiger partial charge on any atom is 0.261 e. The molecule has 1 fully saturated rings. The minimum Gasteiger partial charge on any atom is -0.298 e. The first-order valence-corrected chi connectivity index (χ1v) is 7.46. The van der Waals surface area contributed by atoms with E-state index in [4.69, 9.17) is 0 Å². The number of benzene rings is 2. The number of nitrogens with zero attached hydrogens (tertiary/aromatic N) is 2. The summed E-state index contributed by atoms with van der Waals surface area (Å²) in [4.78, 5) is 16.9. The van der Waals surface area contributed by atoms with Crippen LogP contribution in [0.5, 0.6) is 0 Å². The van der Waals surface area contributed by atoms with Gasteiger partial charge in [-0.2, -0.15) is 0 Å². The Morgan fingerprint density at radius 1 is 1.09 bits per heavy atom. The molecule has 1 heterocycles. The van der Waals surface area contributed by atoms with Crippen LogP contribution in [0.2, 0.25) is 0 Å². The molecule has 0 atom stereocenters. The standard InChI is InChI=1S/C18H15FN2O/c19-15-6-3-13(4-7-15)14-5-8-16-17(9-14)20-11-21(18(16)22)10-12-1-2-12/h3-9,11-12H,1-2,10H2. The zero-order valence-corrected chi connectivity index (χ0v) is 12.0. The van der Waals surface area contributed by atoms with E-state index in [0.29, 0.717) is 16.8 Å². The highest BCUT2D eigenvalue weighted by Gasteiger charge is 2.22. The molecule has 3 aromatic rings. The van der Waals surface area contributed by atoms with Gasteiger partial charge in [0.15, 0.2) is 0 Å². The van der Waals surface area contributed by atoms with Crippen LogP contribution in [0.15, 0.2) is 53.6 Å². The number of hydrogen-bond acceptors (Lipinski definition) is 2. The maximum atomic E-state index is 13.0. The van der Waals surface area contributed by atoms with Gasteiger partial charge >= 0.3 is 0 Å². The lowest BCUT2D eigenvalue weighted by molar-refractivity contribution is 0.602. The second-order valence-corrected chi connectivity index (χ2v) is 5.88. The van der Waals surface area contributed by atoms with Crippen molar-refractivity contribution in [3.63, 3.8) is 0 Å². The zero-order chi connectivity index (χ0) is 15.1. The third kappa shape index (κ3) is 2.41. The predicted molar refractivity (Wildman–Crippen MR) is 84.1 cm³/mol. The monoisotopic (exact) mass is 294 g/mol. The molecule has 4 heteroatoms. The molecule has 0 unspecified atom stereocenters. The van der Waals surface area contributed by atoms with Crippen LogP contribution in [-0.2, 0) is 6.54 Å². The maximum absolute atomic E-state index is 13.0. The fraction of sp³-hybridized carbons (Fsp3) is 0.222. The molecule has 0 aliphatic heterocycles. The molecule has 0 spiro atoms. The molecule has 0 amide bonds. The molecule has 2 aromatic carbocycles. The summed E-state index contributed by atoms with van der Waals surface area (Å²) in [6.07, 6.45) is 4.04. The zero-order valence-electron chi connectivity index (χ0n) is 12.0. The minimum absolute atomic E-state index is 0.0163. The van der Waals surface area contributed by atoms with Gasteiger partial charge in [-0.05, 0) is 54.2 Å². The van der Waals surface area contributed by atoms with Crippen molar-refractivity contribution in [2.24, 2.45) is 5.92 Å². The van der Waals surface area contributed by atoms with Crippen LogP contribution in [0.3, 0.4) is 0 Å². The number of aromatic nitrogens is 2. The van der Waals surface area contributed by atoms with Gasteiger partial charge in [-0.1, -0.05) is 18.2 Å². The third-order valence-corrected chi connectivity index (χ3v) is 4.15. The van der Waals surface area contributed by atoms with Gasteiger partial charge in [0, 0.05) is 6.54 Å². The molecular weight excluding hydrogens is 279 g/mol. The van der Waals surface area contributed by atoms with Crippen molar-refractivity contribution < 1.29 is 4.39 Å². The lowest BCUT2D eigenvalue weighted by Crippen LogP contribution is -2.21. The van der Waals surface area contributed by atoms with Crippen LogP contribution < -0.4 is 5.56 Å². The molecular formula is C18H15FN2O. The highest BCUT2D eigenvalue weighted by atomic mass is 19.1. The number of fused-ring (bicyclic) bond motifs is 1. The van der Waals surface area contributed by atoms with Crippen molar-refractivity contribution in [1.82, 2.24) is 9.55 Å². The van der Waals surface area contributed by atoms with E-state index in [9.17, 15) is 9.18 Å². The SMILES string of the molecule is O=c1c2ccc(-c3ccc(F)cc3)cc2ncn1CC1CC1. The summed E-state index contributed by atoms with van der Waals surface area (Å²) in [7, 11) is 0. The van der Waals surface area contributed by atoms with Crippen LogP contribution in [0.4, 0.5) is 4.39 Å². The summed E-state index contributed by atoms with van der Waals surface area (Å²) < 4.78 is 14.7. The Labute approximate surface area is 127 Å². The van der Waals surface area contributed by atoms with E-state index < -0.39 is 0 Å². The largest absolute Gasteiger partial charge is 0.298 e. The van der Waals surface area contributed by atoms with E-state index in [2.05, 4.69) is 4.98 Å². The molecule has 1 aliphatic carbocycles. The molecule has 4 rings (SSSR count). The van der Waals surface area contributed by atoms with Crippen LogP contribution in [0.1, 0.15) is 12.8 Å². The van der Waals surface area contributed by atoms with Gasteiger partial charge in [0.05, 0.1) is 17.2 Å². The summed E-state index contributed by atoms with van der Waals surface area (Å²) in [5, 5.41) is 0.633. The topological polar surface area (TPSA) is 34.9 Å². The van der Waals surface area contributed by atoms with Crippen LogP contribution in [0, 0.1) is 11.7 Å². The van der Waals surface area contributed by atoms with Gasteiger partial charge < -0.3 is 0 Å². The highest BCUT2D eigenvalue weighted by Crippen LogP contribution is 2.30. The van der Waals surface area contributed by atoms with Crippen LogP contribution in [0.25, 0.3) is 22.0 Å². The Bertz CT molecular complexity index is 895. The summed E-state index contributed by atoms with van der Waals surface area (Å²) in [6, 6.07) is 11.9. The van der Waals surface area contributed by atoms with E-state index in [1.165, 1.54) is 25.0 Å². The second-order valence-electron chi connectivity index (χ2n) is 5.88. The van der Waals surface area contributed by atoms with Crippen LogP contribution in [-0.4, -0.2) is 9.55 Å². The fourth-order valence-electron chi connectivity index (χ4n) is 2.69. The van der Waals surface area contributed by atoms with E-state index >= 15 is 0 Å². The Balaban J connectivity index is 1.78. The molecule has 110 valence electrons. The van der Waals surface area contributed by atoms with Crippen molar-refractivity contribution in [3.8, 4) is 11.1 Å². The Hall–Kier alpha value is -2.49. The number of halogens is 1. The van der Waals surface area contributed by atoms with Crippen molar-refractivity contribution >= 4 is 10.9 Å². The minimum atomic E-state index is -0.259. The summed E-state index contributed by atoms with van der Waals surface area (Å²) >= 11 is 0. The van der Waals surface area contributed by atoms with Gasteiger partial charge in [0.1, 0.15) is 5.82 Å². The van der Waals surface area contributed by atoms with E-state index in [0.717, 1.165) is 17.7 Å². The van der Waals surface area contributed by atoms with E-state index in [-0.39, 0.29) is 11.4 Å². The molecule has 3 nitrogen and oxygen atoms in total. The molecule has 0 N–H and O–H groups in total. The van der Waals surface area contributed by atoms with Gasteiger partial charge in [0.25, 0.3) is 5.56 Å². The molecule has 1 aromatic heterocycles. The van der Waals surface area contributed by atoms with Gasteiger partial charge in [0.2, 0.25) is 0 Å². The Morgan fingerprint density at radius 2 is 1.82 bits per heavy atom. The van der Waals surface area contributed by atoms with Crippen molar-refractivity contribution in [1.29, 1.82) is 0 Å². The first-order valence-electron chi connectivity index (χ1n) is 7.46. The number of rotatable bonds is 3. The first-order chi connectivity index (χ1) is 10.7. The van der Waals surface area contributed by atoms with Crippen molar-refractivity contribution in [3.05, 3.63) is 65.0 Å². The average molecular weight is 294 g/mol. The highest BCUT2D eigenvalue weighted by molar-refractivity contribution is 5.83. The van der Waals surface area contributed by atoms with Crippen molar-refractivity contribution in [2.75, 3.05) is 0 Å². The molecule has 1 saturated carbocycles. The Kier molecular flexibility index (Phi) is 3.03. The molecule has 1 aliphatic rings. The van der Waals surface area contributed by atoms with E-state index in [1.807, 2.05) is 18.2 Å². The van der Waals surface area contributed by atoms with Crippen molar-refractivity contribution in [2.45, 2.75) is 19.4 Å². The molecule has 0 saturated heterocycles. The third-order valence-electron chi connectivity index (χ3n) is 4.15. The lowest BCUT2D eigenvalue weighted by atomic mass is 10.0. The Morgan fingerprint density at radius 3 is 2.55 bits per heavy atom. The molecule has 22 heavy (non-hydrogen) atoms. The van der Waals surface area contributed by atoms with Gasteiger partial charge in [-0.25, -0.2) is 9.37 Å². The smallest absolute Gasteiger partial charge is 0.261 e. The van der Waals surface area contributed by atoms with Gasteiger partial charge in [-0.3, -0.25) is 9.36 Å². The average Bonchev–Trinajstić information content (AvgIpc) is 3.35. The second kappa shape index (κ2) is 5.05. The summed E-state index contributed by atoms with van der Waals surface area (Å²) in [6.45, 7) is 0.765. The fourth-order valence-corrected chi connectivity index (χ4v) is 2.69. The lowest BCUT2D eigenvalue weighted by Gasteiger charge is -2.07. The quantitative estimate of drug-likeness (QED) is 0.739. The summed E-state index contributed by atoms with van der Waals surface area (Å²) in [5.41, 5.74) is 2.54. The van der Waals surface area contributed by atoms with Crippen LogP contribution >= 0.6 is 0 Å². The normalized spacial score (nSPS) is 14.4. The summed E-state index contributed by atoms with van der Waals surface area (Å²) in [5.74, 6) is 0.376. The predicted octanol–water partition coefficient (Wildman–Crippen LogP) is 3.61. The number of hydrogen-bond donors (Lipinski definition) is 0. The molecule has 0 radical (unpaired) electrons. The van der Waals surface area contributed by atoms with E-state index in [1.54, 1.807) is 23.0 Å². The molecule has 0 bridgehead atoms.